The first-order valence-corrected chi connectivity index (χ1v) is 4.96. The minimum absolute atomic E-state index is 0.0305. The Hall–Kier alpha value is -1.78. The third-order valence-electron chi connectivity index (χ3n) is 2.53. The molecule has 1 aromatic rings. The highest BCUT2D eigenvalue weighted by Gasteiger charge is 2.42. The quantitative estimate of drug-likeness (QED) is 0.707. The number of esters is 1. The Bertz CT molecular complexity index is 501. The van der Waals surface area contributed by atoms with Gasteiger partial charge in [0.05, 0.1) is 0 Å². The Balaban J connectivity index is 2.29. The van der Waals surface area contributed by atoms with Crippen LogP contribution in [0.5, 0.6) is 0 Å². The second-order valence-electron chi connectivity index (χ2n) is 3.83. The summed E-state index contributed by atoms with van der Waals surface area (Å²) in [5, 5.41) is 0. The van der Waals surface area contributed by atoms with E-state index >= 15 is 0 Å². The summed E-state index contributed by atoms with van der Waals surface area (Å²) in [5.41, 5.74) is 2.06. The van der Waals surface area contributed by atoms with Crippen molar-refractivity contribution in [3.05, 3.63) is 41.0 Å². The molecule has 0 spiro atoms. The van der Waals surface area contributed by atoms with Gasteiger partial charge in [0.15, 0.2) is 0 Å². The first kappa shape index (κ1) is 11.7. The zero-order valence-corrected chi connectivity index (χ0v) is 8.97. The molecule has 0 N–H and O–H groups in total. The molecule has 5 heteroatoms. The molecule has 2 rings (SSSR count). The number of hydrogen-bond acceptors (Lipinski definition) is 2. The van der Waals surface area contributed by atoms with Crippen LogP contribution < -0.4 is 0 Å². The van der Waals surface area contributed by atoms with E-state index in [0.717, 1.165) is 5.56 Å². The summed E-state index contributed by atoms with van der Waals surface area (Å²) in [6.07, 6.45) is -4.46. The Kier molecular flexibility index (Phi) is 2.69. The van der Waals surface area contributed by atoms with Crippen molar-refractivity contribution in [1.29, 1.82) is 0 Å². The lowest BCUT2D eigenvalue weighted by Crippen LogP contribution is -2.24. The number of carbonyl (C=O) groups excluding carboxylic acids is 1. The van der Waals surface area contributed by atoms with Crippen LogP contribution in [-0.4, -0.2) is 12.1 Å². The molecule has 0 atom stereocenters. The SMILES string of the molecule is CC1=C(OC(=O)C(F)(F)F)c2ccccc2C1. The fourth-order valence-corrected chi connectivity index (χ4v) is 1.78. The van der Waals surface area contributed by atoms with E-state index in [1.54, 1.807) is 31.2 Å². The van der Waals surface area contributed by atoms with Crippen molar-refractivity contribution in [3.63, 3.8) is 0 Å². The van der Waals surface area contributed by atoms with Gasteiger partial charge in [0, 0.05) is 5.56 Å². The van der Waals surface area contributed by atoms with Crippen molar-refractivity contribution >= 4 is 11.7 Å². The maximum absolute atomic E-state index is 12.1. The summed E-state index contributed by atoms with van der Waals surface area (Å²) in [6.45, 7) is 1.65. The van der Waals surface area contributed by atoms with Crippen molar-refractivity contribution in [1.82, 2.24) is 0 Å². The first-order valence-electron chi connectivity index (χ1n) is 4.96. The van der Waals surface area contributed by atoms with Gasteiger partial charge in [-0.25, -0.2) is 4.79 Å². The molecule has 90 valence electrons. The van der Waals surface area contributed by atoms with Crippen molar-refractivity contribution in [2.24, 2.45) is 0 Å². The zero-order chi connectivity index (χ0) is 12.6. The number of halogens is 3. The summed E-state index contributed by atoms with van der Waals surface area (Å²) >= 11 is 0. The number of carbonyl (C=O) groups is 1. The maximum atomic E-state index is 12.1. The standard InChI is InChI=1S/C12H9F3O2/c1-7-6-8-4-2-3-5-9(8)10(7)17-11(16)12(13,14)15/h2-5H,6H2,1H3. The zero-order valence-electron chi connectivity index (χ0n) is 8.97. The van der Waals surface area contributed by atoms with Crippen molar-refractivity contribution in [2.75, 3.05) is 0 Å². The molecule has 0 bridgehead atoms. The summed E-state index contributed by atoms with van der Waals surface area (Å²) in [5.74, 6) is -2.15. The molecule has 17 heavy (non-hydrogen) atoms. The summed E-state index contributed by atoms with van der Waals surface area (Å²) in [6, 6.07) is 6.93. The van der Waals surface area contributed by atoms with Gasteiger partial charge in [-0.1, -0.05) is 24.3 Å². The van der Waals surface area contributed by atoms with Crippen LogP contribution >= 0.6 is 0 Å². The van der Waals surface area contributed by atoms with Crippen molar-refractivity contribution in [3.8, 4) is 0 Å². The molecule has 1 aliphatic rings. The predicted octanol–water partition coefficient (Wildman–Crippen LogP) is 3.08. The Morgan fingerprint density at radius 1 is 1.29 bits per heavy atom. The molecule has 1 aromatic carbocycles. The van der Waals surface area contributed by atoms with Crippen LogP contribution in [0.4, 0.5) is 13.2 Å². The van der Waals surface area contributed by atoms with Gasteiger partial charge in [0.2, 0.25) is 0 Å². The normalized spacial score (nSPS) is 14.8. The van der Waals surface area contributed by atoms with E-state index in [2.05, 4.69) is 4.74 Å². The van der Waals surface area contributed by atoms with Gasteiger partial charge in [-0.2, -0.15) is 13.2 Å². The van der Waals surface area contributed by atoms with Gasteiger partial charge in [0.1, 0.15) is 5.76 Å². The van der Waals surface area contributed by atoms with E-state index in [9.17, 15) is 18.0 Å². The molecule has 0 radical (unpaired) electrons. The number of hydrogen-bond donors (Lipinski definition) is 0. The fourth-order valence-electron chi connectivity index (χ4n) is 1.78. The van der Waals surface area contributed by atoms with Crippen LogP contribution in [0, 0.1) is 0 Å². The van der Waals surface area contributed by atoms with Gasteiger partial charge in [0.25, 0.3) is 0 Å². The highest BCUT2D eigenvalue weighted by Crippen LogP contribution is 2.34. The molecule has 2 nitrogen and oxygen atoms in total. The van der Waals surface area contributed by atoms with E-state index in [1.807, 2.05) is 0 Å². The molecular formula is C12H9F3O2. The number of allylic oxidation sites excluding steroid dienone is 1. The molecule has 0 unspecified atom stereocenters. The number of alkyl halides is 3. The van der Waals surface area contributed by atoms with E-state index in [1.165, 1.54) is 0 Å². The average Bonchev–Trinajstić information content (AvgIpc) is 2.54. The van der Waals surface area contributed by atoms with Crippen LogP contribution in [0.1, 0.15) is 18.1 Å². The third-order valence-corrected chi connectivity index (χ3v) is 2.53. The average molecular weight is 242 g/mol. The van der Waals surface area contributed by atoms with Gasteiger partial charge in [-0.3, -0.25) is 0 Å². The Labute approximate surface area is 95.7 Å². The smallest absolute Gasteiger partial charge is 0.419 e. The molecule has 0 aromatic heterocycles. The summed E-state index contributed by atoms with van der Waals surface area (Å²) < 4.78 is 40.8. The Morgan fingerprint density at radius 3 is 2.59 bits per heavy atom. The Morgan fingerprint density at radius 2 is 1.94 bits per heavy atom. The van der Waals surface area contributed by atoms with E-state index in [4.69, 9.17) is 0 Å². The van der Waals surface area contributed by atoms with Gasteiger partial charge in [-0.15, -0.1) is 0 Å². The highest BCUT2D eigenvalue weighted by molar-refractivity contribution is 5.85. The van der Waals surface area contributed by atoms with Gasteiger partial charge in [-0.05, 0) is 24.5 Å². The first-order chi connectivity index (χ1) is 7.89. The largest absolute Gasteiger partial charge is 0.491 e. The van der Waals surface area contributed by atoms with Crippen LogP contribution in [0.15, 0.2) is 29.8 Å². The van der Waals surface area contributed by atoms with Gasteiger partial charge >= 0.3 is 12.1 Å². The van der Waals surface area contributed by atoms with Gasteiger partial charge < -0.3 is 4.74 Å². The minimum atomic E-state index is -4.97. The van der Waals surface area contributed by atoms with Crippen LogP contribution in [0.2, 0.25) is 0 Å². The molecule has 0 saturated carbocycles. The van der Waals surface area contributed by atoms with Crippen LogP contribution in [0.3, 0.4) is 0 Å². The lowest BCUT2D eigenvalue weighted by molar-refractivity contribution is -0.192. The molecule has 0 fully saturated rings. The number of fused-ring (bicyclic) bond motifs is 1. The van der Waals surface area contributed by atoms with Crippen LogP contribution in [-0.2, 0) is 16.0 Å². The second-order valence-corrected chi connectivity index (χ2v) is 3.83. The lowest BCUT2D eigenvalue weighted by atomic mass is 10.1. The van der Waals surface area contributed by atoms with E-state index < -0.39 is 12.1 Å². The van der Waals surface area contributed by atoms with E-state index in [-0.39, 0.29) is 5.76 Å². The number of benzene rings is 1. The third kappa shape index (κ3) is 2.18. The summed E-state index contributed by atoms with van der Waals surface area (Å²) in [7, 11) is 0. The number of rotatable bonds is 1. The molecule has 0 saturated heterocycles. The molecule has 0 heterocycles. The second kappa shape index (κ2) is 3.91. The maximum Gasteiger partial charge on any atom is 0.491 e. The van der Waals surface area contributed by atoms with Crippen molar-refractivity contribution < 1.29 is 22.7 Å². The molecule has 1 aliphatic carbocycles. The summed E-state index contributed by atoms with van der Waals surface area (Å²) in [4.78, 5) is 10.8. The fraction of sp³-hybridized carbons (Fsp3) is 0.250. The lowest BCUT2D eigenvalue weighted by Gasteiger charge is -2.09. The van der Waals surface area contributed by atoms with E-state index in [0.29, 0.717) is 17.6 Å². The van der Waals surface area contributed by atoms with Crippen molar-refractivity contribution in [2.45, 2.75) is 19.5 Å². The predicted molar refractivity (Wildman–Crippen MR) is 54.9 cm³/mol. The van der Waals surface area contributed by atoms with Crippen LogP contribution in [0.25, 0.3) is 5.76 Å². The highest BCUT2D eigenvalue weighted by atomic mass is 19.4. The molecular weight excluding hydrogens is 233 g/mol. The molecule has 0 aliphatic heterocycles. The number of ether oxygens (including phenoxy) is 1. The molecule has 0 amide bonds. The minimum Gasteiger partial charge on any atom is -0.419 e. The topological polar surface area (TPSA) is 26.3 Å². The monoisotopic (exact) mass is 242 g/mol.